The average molecular weight is 404 g/mol. The first-order valence-electron chi connectivity index (χ1n) is 8.85. The second-order valence-corrected chi connectivity index (χ2v) is 9.30. The Labute approximate surface area is 165 Å². The molecule has 0 nitrogen and oxygen atoms in total. The van der Waals surface area contributed by atoms with Crippen LogP contribution in [-0.4, -0.2) is 3.21 Å². The zero-order valence-electron chi connectivity index (χ0n) is 17.7. The van der Waals surface area contributed by atoms with Crippen molar-refractivity contribution in [1.82, 2.24) is 0 Å². The average Bonchev–Trinajstić information content (AvgIpc) is 2.85. The molecule has 0 amide bonds. The van der Waals surface area contributed by atoms with Crippen LogP contribution in [0.25, 0.3) is 0 Å². The van der Waals surface area contributed by atoms with Gasteiger partial charge in [-0.05, 0) is 0 Å². The molecule has 0 saturated carbocycles. The van der Waals surface area contributed by atoms with Crippen LogP contribution in [0.15, 0.2) is 12.1 Å². The molecule has 132 valence electrons. The fourth-order valence-electron chi connectivity index (χ4n) is 2.27. The van der Waals surface area contributed by atoms with E-state index < -0.39 is 0 Å². The topological polar surface area (TPSA) is 0 Å². The van der Waals surface area contributed by atoms with Crippen molar-refractivity contribution in [1.29, 1.82) is 0 Å². The minimum atomic E-state index is 0.809. The Morgan fingerprint density at radius 2 is 1.04 bits per heavy atom. The maximum atomic E-state index is 2.24. The maximum Gasteiger partial charge on any atom is -0.0630 e. The standard InChI is InChI=1S/2C9H13.C5H10.Zr/c2*1-6-5-7(2)9(4)8(6)3;1-4-5(2)3;/h2*5H,1-4H3;5H,1-3H3;/q2*-1;;+2. The van der Waals surface area contributed by atoms with Gasteiger partial charge < -0.3 is 0 Å². The van der Waals surface area contributed by atoms with Crippen molar-refractivity contribution in [3.63, 3.8) is 0 Å². The van der Waals surface area contributed by atoms with Crippen LogP contribution in [0.5, 0.6) is 0 Å². The van der Waals surface area contributed by atoms with Crippen molar-refractivity contribution in [2.24, 2.45) is 5.92 Å². The van der Waals surface area contributed by atoms with E-state index >= 15 is 0 Å². The number of rotatable bonds is 1. The van der Waals surface area contributed by atoms with E-state index in [0.29, 0.717) is 0 Å². The second-order valence-electron chi connectivity index (χ2n) is 7.36. The van der Waals surface area contributed by atoms with Gasteiger partial charge in [0.25, 0.3) is 0 Å². The summed E-state index contributed by atoms with van der Waals surface area (Å²) in [6.45, 7) is 24.0. The molecule has 0 aliphatic heterocycles. The van der Waals surface area contributed by atoms with E-state index in [1.165, 1.54) is 44.5 Å². The Hall–Kier alpha value is -0.547. The largest absolute Gasteiger partial charge is 0.199 e. The molecule has 0 spiro atoms. The number of hydrogen-bond acceptors (Lipinski definition) is 0. The Morgan fingerprint density at radius 1 is 0.792 bits per heavy atom. The van der Waals surface area contributed by atoms with Gasteiger partial charge in [-0.15, -0.1) is 0 Å². The molecule has 0 unspecified atom stereocenters. The van der Waals surface area contributed by atoms with E-state index in [2.05, 4.69) is 88.3 Å². The smallest absolute Gasteiger partial charge is 0.0630 e. The summed E-state index contributed by atoms with van der Waals surface area (Å²) in [5.41, 5.74) is 11.5. The maximum absolute atomic E-state index is 2.24. The fraction of sp³-hybridized carbons (Fsp3) is 0.522. The first kappa shape index (κ1) is 23.5. The first-order valence-corrected chi connectivity index (χ1v) is 10.1. The summed E-state index contributed by atoms with van der Waals surface area (Å²) in [6, 6.07) is 4.48. The summed E-state index contributed by atoms with van der Waals surface area (Å²) in [7, 11) is 0. The predicted molar refractivity (Wildman–Crippen MR) is 107 cm³/mol. The minimum absolute atomic E-state index is 0.809. The van der Waals surface area contributed by atoms with Crippen LogP contribution in [0.2, 0.25) is 0 Å². The summed E-state index contributed by atoms with van der Waals surface area (Å²) >= 11 is 1.58. The van der Waals surface area contributed by atoms with E-state index in [9.17, 15) is 0 Å². The summed E-state index contributed by atoms with van der Waals surface area (Å²) in [4.78, 5) is 0. The van der Waals surface area contributed by atoms with E-state index in [1.807, 2.05) is 0 Å². The number of hydrogen-bond donors (Lipinski definition) is 0. The summed E-state index contributed by atoms with van der Waals surface area (Å²) in [6.07, 6.45) is 0. The molecule has 0 aliphatic rings. The molecular formula is C23H36Zr. The molecule has 0 aliphatic carbocycles. The summed E-state index contributed by atoms with van der Waals surface area (Å²) in [5.74, 6) is 0.809. The van der Waals surface area contributed by atoms with Crippen LogP contribution in [0.1, 0.15) is 65.3 Å². The molecule has 0 bridgehead atoms. The van der Waals surface area contributed by atoms with Gasteiger partial charge in [-0.25, -0.2) is 0 Å². The van der Waals surface area contributed by atoms with Gasteiger partial charge >= 0.3 is 54.1 Å². The Morgan fingerprint density at radius 3 is 1.08 bits per heavy atom. The van der Waals surface area contributed by atoms with Crippen LogP contribution < -0.4 is 0 Å². The number of aryl methyl sites for hydroxylation is 4. The molecule has 0 saturated heterocycles. The fourth-order valence-corrected chi connectivity index (χ4v) is 2.27. The molecule has 0 atom stereocenters. The van der Waals surface area contributed by atoms with Crippen molar-refractivity contribution >= 4 is 3.21 Å². The third-order valence-electron chi connectivity index (χ3n) is 5.22. The van der Waals surface area contributed by atoms with E-state index in [1.54, 1.807) is 27.4 Å². The van der Waals surface area contributed by atoms with E-state index in [0.717, 1.165) is 5.92 Å². The molecule has 2 rings (SSSR count). The van der Waals surface area contributed by atoms with Crippen LogP contribution in [0.3, 0.4) is 0 Å². The molecule has 0 heterocycles. The monoisotopic (exact) mass is 402 g/mol. The molecule has 0 fully saturated rings. The van der Waals surface area contributed by atoms with Gasteiger partial charge in [-0.3, -0.25) is 0 Å². The molecule has 24 heavy (non-hydrogen) atoms. The van der Waals surface area contributed by atoms with Gasteiger partial charge in [-0.1, -0.05) is 55.4 Å². The quantitative estimate of drug-likeness (QED) is 0.467. The minimum Gasteiger partial charge on any atom is -0.199 e. The molecule has 1 heteroatoms. The molecular weight excluding hydrogens is 367 g/mol. The van der Waals surface area contributed by atoms with Gasteiger partial charge in [0.15, 0.2) is 0 Å². The van der Waals surface area contributed by atoms with Gasteiger partial charge in [0.1, 0.15) is 0 Å². The first-order chi connectivity index (χ1) is 10.9. The van der Waals surface area contributed by atoms with Crippen LogP contribution in [0, 0.1) is 61.3 Å². The van der Waals surface area contributed by atoms with Gasteiger partial charge in [0.05, 0.1) is 0 Å². The van der Waals surface area contributed by atoms with E-state index in [4.69, 9.17) is 0 Å². The predicted octanol–water partition coefficient (Wildman–Crippen LogP) is 6.66. The van der Waals surface area contributed by atoms with Crippen molar-refractivity contribution < 1.29 is 24.2 Å². The molecule has 0 radical (unpaired) electrons. The summed E-state index contributed by atoms with van der Waals surface area (Å²) in [5, 5.41) is 0. The zero-order valence-corrected chi connectivity index (χ0v) is 20.2. The third kappa shape index (κ3) is 7.14. The Bertz CT molecular complexity index is 568. The van der Waals surface area contributed by atoms with Crippen molar-refractivity contribution in [2.75, 3.05) is 0 Å². The van der Waals surface area contributed by atoms with Gasteiger partial charge in [-0.2, -0.15) is 56.6 Å². The second kappa shape index (κ2) is 10.4. The Balaban J connectivity index is 0.000000340. The SMILES string of the molecule is C[C](=[Zr+2])C(C)C.Cc1c[c-](C)c(C)c1C.Cc1c[c-](C)c(C)c1C. The molecule has 2 aromatic rings. The van der Waals surface area contributed by atoms with Gasteiger partial charge in [0.2, 0.25) is 0 Å². The molecule has 2 aromatic carbocycles. The van der Waals surface area contributed by atoms with E-state index in [-0.39, 0.29) is 0 Å². The Kier molecular flexibility index (Phi) is 10.2. The van der Waals surface area contributed by atoms with Crippen LogP contribution in [0.4, 0.5) is 0 Å². The van der Waals surface area contributed by atoms with Gasteiger partial charge in [0, 0.05) is 0 Å². The van der Waals surface area contributed by atoms with Crippen molar-refractivity contribution in [3.8, 4) is 0 Å². The van der Waals surface area contributed by atoms with Crippen molar-refractivity contribution in [3.05, 3.63) is 56.6 Å². The molecule has 0 aromatic heterocycles. The van der Waals surface area contributed by atoms with Crippen LogP contribution in [-0.2, 0) is 24.2 Å². The zero-order chi connectivity index (χ0) is 19.2. The molecule has 0 N–H and O–H groups in total. The summed E-state index contributed by atoms with van der Waals surface area (Å²) < 4.78 is 1.60. The normalized spacial score (nSPS) is 10.1. The van der Waals surface area contributed by atoms with Crippen LogP contribution >= 0.6 is 0 Å². The third-order valence-corrected chi connectivity index (χ3v) is 6.64. The van der Waals surface area contributed by atoms with Crippen molar-refractivity contribution in [2.45, 2.75) is 76.2 Å².